The monoisotopic (exact) mass is 414 g/mol. The molecule has 1 aromatic heterocycles. The van der Waals surface area contributed by atoms with E-state index in [0.717, 1.165) is 43.4 Å². The van der Waals surface area contributed by atoms with Crippen molar-refractivity contribution in [2.24, 2.45) is 7.05 Å². The molecule has 26 heavy (non-hydrogen) atoms. The number of carbonyl (C=O) groups excluding carboxylic acids is 1. The van der Waals surface area contributed by atoms with Gasteiger partial charge in [0.1, 0.15) is 0 Å². The molecule has 1 amide bonds. The van der Waals surface area contributed by atoms with Gasteiger partial charge in [0, 0.05) is 51.9 Å². The zero-order valence-electron chi connectivity index (χ0n) is 14.4. The summed E-state index contributed by atoms with van der Waals surface area (Å²) in [6.07, 6.45) is 0.484. The molecular weight excluding hydrogens is 395 g/mol. The highest BCUT2D eigenvalue weighted by atomic mass is 35.5. The molecule has 2 aromatic rings. The van der Waals surface area contributed by atoms with Gasteiger partial charge in [-0.15, -0.1) is 5.10 Å². The van der Waals surface area contributed by atoms with Crippen molar-refractivity contribution in [3.63, 3.8) is 0 Å². The van der Waals surface area contributed by atoms with Crippen LogP contribution in [0.1, 0.15) is 12.0 Å². The molecule has 0 N–H and O–H groups in total. The fourth-order valence-electron chi connectivity index (χ4n) is 2.80. The molecule has 0 unspecified atom stereocenters. The first-order chi connectivity index (χ1) is 12.5. The second kappa shape index (κ2) is 9.03. The predicted molar refractivity (Wildman–Crippen MR) is 102 cm³/mol. The maximum Gasteiger partial charge on any atom is 0.223 e. The lowest BCUT2D eigenvalue weighted by molar-refractivity contribution is -0.132. The number of hydrogen-bond donors (Lipinski definition) is 0. The SMILES string of the molecule is Cn1nnnc1SCCC(=O)N1CCN(Cc2cccc(Cl)c2Cl)CC1. The molecule has 1 aliphatic heterocycles. The molecule has 0 saturated carbocycles. The molecule has 1 aliphatic rings. The fraction of sp³-hybridized carbons (Fsp3) is 0.500. The summed E-state index contributed by atoms with van der Waals surface area (Å²) < 4.78 is 1.61. The highest BCUT2D eigenvalue weighted by Crippen LogP contribution is 2.26. The van der Waals surface area contributed by atoms with Crippen molar-refractivity contribution in [3.8, 4) is 0 Å². The number of amides is 1. The van der Waals surface area contributed by atoms with E-state index in [0.29, 0.717) is 22.2 Å². The molecule has 1 aromatic carbocycles. The maximum absolute atomic E-state index is 12.4. The Morgan fingerprint density at radius 3 is 2.69 bits per heavy atom. The molecule has 10 heteroatoms. The summed E-state index contributed by atoms with van der Waals surface area (Å²) in [7, 11) is 1.79. The van der Waals surface area contributed by atoms with Crippen molar-refractivity contribution in [2.45, 2.75) is 18.1 Å². The van der Waals surface area contributed by atoms with Crippen LogP contribution in [-0.2, 0) is 18.4 Å². The van der Waals surface area contributed by atoms with Crippen molar-refractivity contribution >= 4 is 40.9 Å². The quantitative estimate of drug-likeness (QED) is 0.675. The van der Waals surface area contributed by atoms with Crippen LogP contribution in [0.15, 0.2) is 23.4 Å². The fourth-order valence-corrected chi connectivity index (χ4v) is 3.95. The van der Waals surface area contributed by atoms with Gasteiger partial charge in [0.05, 0.1) is 10.0 Å². The van der Waals surface area contributed by atoms with Crippen LogP contribution >= 0.6 is 35.0 Å². The predicted octanol–water partition coefficient (Wildman–Crippen LogP) is 2.34. The van der Waals surface area contributed by atoms with Gasteiger partial charge in [-0.2, -0.15) is 0 Å². The lowest BCUT2D eigenvalue weighted by Gasteiger charge is -2.35. The number of benzene rings is 1. The highest BCUT2D eigenvalue weighted by Gasteiger charge is 2.21. The Morgan fingerprint density at radius 2 is 2.00 bits per heavy atom. The van der Waals surface area contributed by atoms with Gasteiger partial charge in [0.2, 0.25) is 11.1 Å². The maximum atomic E-state index is 12.4. The van der Waals surface area contributed by atoms with Crippen LogP contribution in [0, 0.1) is 0 Å². The van der Waals surface area contributed by atoms with E-state index in [4.69, 9.17) is 23.2 Å². The Hall–Kier alpha value is -1.35. The van der Waals surface area contributed by atoms with Gasteiger partial charge in [0.25, 0.3) is 0 Å². The third kappa shape index (κ3) is 4.88. The van der Waals surface area contributed by atoms with Crippen molar-refractivity contribution in [1.29, 1.82) is 0 Å². The number of aromatic nitrogens is 4. The first-order valence-corrected chi connectivity index (χ1v) is 10.1. The zero-order valence-corrected chi connectivity index (χ0v) is 16.8. The van der Waals surface area contributed by atoms with E-state index < -0.39 is 0 Å². The molecule has 0 aliphatic carbocycles. The first kappa shape index (κ1) is 19.4. The van der Waals surface area contributed by atoms with Crippen molar-refractivity contribution < 1.29 is 4.79 Å². The van der Waals surface area contributed by atoms with E-state index in [1.165, 1.54) is 11.8 Å². The average Bonchev–Trinajstić information content (AvgIpc) is 3.04. The minimum absolute atomic E-state index is 0.174. The molecule has 1 fully saturated rings. The molecule has 3 rings (SSSR count). The Labute approximate surface area is 166 Å². The van der Waals surface area contributed by atoms with E-state index in [2.05, 4.69) is 20.4 Å². The third-order valence-corrected chi connectivity index (χ3v) is 6.15. The number of thioether (sulfide) groups is 1. The largest absolute Gasteiger partial charge is 0.340 e. The second-order valence-corrected chi connectivity index (χ2v) is 7.90. The molecule has 0 spiro atoms. The lowest BCUT2D eigenvalue weighted by Crippen LogP contribution is -2.48. The number of halogens is 2. The summed E-state index contributed by atoms with van der Waals surface area (Å²) >= 11 is 13.8. The van der Waals surface area contributed by atoms with Gasteiger partial charge < -0.3 is 4.90 Å². The first-order valence-electron chi connectivity index (χ1n) is 8.33. The summed E-state index contributed by atoms with van der Waals surface area (Å²) in [6, 6.07) is 5.69. The molecule has 0 radical (unpaired) electrons. The van der Waals surface area contributed by atoms with E-state index in [9.17, 15) is 4.79 Å². The number of tetrazole rings is 1. The summed E-state index contributed by atoms with van der Waals surface area (Å²) in [6.45, 7) is 3.86. The van der Waals surface area contributed by atoms with Gasteiger partial charge >= 0.3 is 0 Å². The molecule has 0 bridgehead atoms. The summed E-state index contributed by atoms with van der Waals surface area (Å²) in [4.78, 5) is 16.6. The Balaban J connectivity index is 1.42. The number of carbonyl (C=O) groups is 1. The van der Waals surface area contributed by atoms with E-state index in [1.54, 1.807) is 17.8 Å². The molecule has 2 heterocycles. The van der Waals surface area contributed by atoms with Crippen molar-refractivity contribution in [2.75, 3.05) is 31.9 Å². The summed E-state index contributed by atoms with van der Waals surface area (Å²) in [5.41, 5.74) is 1.02. The third-order valence-electron chi connectivity index (χ3n) is 4.28. The Kier molecular flexibility index (Phi) is 6.74. The van der Waals surface area contributed by atoms with E-state index in [1.807, 2.05) is 17.0 Å². The standard InChI is InChI=1S/C16H20Cl2N6OS/c1-22-16(19-20-21-22)26-10-5-14(25)24-8-6-23(7-9-24)11-12-3-2-4-13(17)15(12)18/h2-4H,5-11H2,1H3. The summed E-state index contributed by atoms with van der Waals surface area (Å²) in [5.74, 6) is 0.846. The Bertz CT molecular complexity index is 763. The number of piperazine rings is 1. The zero-order chi connectivity index (χ0) is 18.5. The van der Waals surface area contributed by atoms with Crippen LogP contribution in [0.25, 0.3) is 0 Å². The van der Waals surface area contributed by atoms with Crippen LogP contribution < -0.4 is 0 Å². The lowest BCUT2D eigenvalue weighted by atomic mass is 10.2. The van der Waals surface area contributed by atoms with Crippen LogP contribution in [0.3, 0.4) is 0 Å². The average molecular weight is 415 g/mol. The molecule has 1 saturated heterocycles. The molecular formula is C16H20Cl2N6OS. The number of rotatable bonds is 6. The van der Waals surface area contributed by atoms with Gasteiger partial charge in [0.15, 0.2) is 0 Å². The van der Waals surface area contributed by atoms with E-state index >= 15 is 0 Å². The van der Waals surface area contributed by atoms with Crippen LogP contribution in [0.4, 0.5) is 0 Å². The van der Waals surface area contributed by atoms with Crippen molar-refractivity contribution in [1.82, 2.24) is 30.0 Å². The Morgan fingerprint density at radius 1 is 1.23 bits per heavy atom. The molecule has 140 valence electrons. The highest BCUT2D eigenvalue weighted by molar-refractivity contribution is 7.99. The van der Waals surface area contributed by atoms with Crippen LogP contribution in [-0.4, -0.2) is 67.8 Å². The normalized spacial score (nSPS) is 15.4. The van der Waals surface area contributed by atoms with Crippen LogP contribution in [0.5, 0.6) is 0 Å². The van der Waals surface area contributed by atoms with Crippen LogP contribution in [0.2, 0.25) is 10.0 Å². The van der Waals surface area contributed by atoms with Gasteiger partial charge in [-0.1, -0.05) is 47.1 Å². The number of nitrogens with zero attached hydrogens (tertiary/aromatic N) is 6. The summed E-state index contributed by atoms with van der Waals surface area (Å²) in [5, 5.41) is 13.2. The smallest absolute Gasteiger partial charge is 0.223 e. The second-order valence-electron chi connectivity index (χ2n) is 6.05. The van der Waals surface area contributed by atoms with Crippen molar-refractivity contribution in [3.05, 3.63) is 33.8 Å². The van der Waals surface area contributed by atoms with Gasteiger partial charge in [-0.05, 0) is 22.1 Å². The minimum atomic E-state index is 0.174. The number of aryl methyl sites for hydroxylation is 1. The van der Waals surface area contributed by atoms with Gasteiger partial charge in [-0.3, -0.25) is 9.69 Å². The van der Waals surface area contributed by atoms with Gasteiger partial charge in [-0.25, -0.2) is 4.68 Å². The number of hydrogen-bond acceptors (Lipinski definition) is 6. The molecule has 0 atom stereocenters. The molecule has 7 nitrogen and oxygen atoms in total. The minimum Gasteiger partial charge on any atom is -0.340 e. The van der Waals surface area contributed by atoms with E-state index in [-0.39, 0.29) is 5.91 Å². The topological polar surface area (TPSA) is 67.2 Å².